The number of piperidine rings is 1. The maximum Gasteiger partial charge on any atom is 0.191 e. The summed E-state index contributed by atoms with van der Waals surface area (Å²) in [5.74, 6) is 1.65. The number of aliphatic imine (C=N–C) groups is 1. The number of benzene rings is 1. The van der Waals surface area contributed by atoms with Gasteiger partial charge in [-0.1, -0.05) is 11.6 Å². The molecule has 2 heterocycles. The molecule has 1 fully saturated rings. The fourth-order valence-corrected chi connectivity index (χ4v) is 3.86. The molecule has 0 spiro atoms. The molecule has 0 aliphatic carbocycles. The predicted octanol–water partition coefficient (Wildman–Crippen LogP) is 3.61. The fraction of sp³-hybridized carbons (Fsp3) is 0.421. The Balaban J connectivity index is 1.35. The molecule has 26 heavy (non-hydrogen) atoms. The van der Waals surface area contributed by atoms with Gasteiger partial charge in [0.1, 0.15) is 12.4 Å². The molecule has 2 aromatic rings. The van der Waals surface area contributed by atoms with Gasteiger partial charge >= 0.3 is 0 Å². The number of nitrogens with one attached hydrogen (secondary N) is 2. The van der Waals surface area contributed by atoms with Gasteiger partial charge in [-0.05, 0) is 54.6 Å². The first-order valence-corrected chi connectivity index (χ1v) is 10.1. The number of anilines is 1. The van der Waals surface area contributed by atoms with Crippen molar-refractivity contribution in [2.75, 3.05) is 38.2 Å². The van der Waals surface area contributed by atoms with Crippen LogP contribution in [0.4, 0.5) is 5.00 Å². The van der Waals surface area contributed by atoms with Gasteiger partial charge in [0.25, 0.3) is 0 Å². The van der Waals surface area contributed by atoms with Crippen LogP contribution in [0.1, 0.15) is 12.8 Å². The third-order valence-corrected chi connectivity index (χ3v) is 5.54. The quantitative estimate of drug-likeness (QED) is 0.448. The second-order valence-electron chi connectivity index (χ2n) is 6.16. The van der Waals surface area contributed by atoms with E-state index in [-0.39, 0.29) is 0 Å². The van der Waals surface area contributed by atoms with E-state index in [0.29, 0.717) is 24.2 Å². The minimum Gasteiger partial charge on any atom is -0.492 e. The van der Waals surface area contributed by atoms with Gasteiger partial charge in [0.2, 0.25) is 0 Å². The average molecular weight is 393 g/mol. The summed E-state index contributed by atoms with van der Waals surface area (Å²) in [4.78, 5) is 6.77. The smallest absolute Gasteiger partial charge is 0.191 e. The number of guanidine groups is 1. The molecule has 140 valence electrons. The molecule has 3 rings (SSSR count). The van der Waals surface area contributed by atoms with Crippen LogP contribution in [0.2, 0.25) is 5.02 Å². The second-order valence-corrected chi connectivity index (χ2v) is 7.52. The normalized spacial score (nSPS) is 15.8. The van der Waals surface area contributed by atoms with E-state index in [4.69, 9.17) is 16.3 Å². The first-order valence-electron chi connectivity index (χ1n) is 8.88. The van der Waals surface area contributed by atoms with Crippen LogP contribution < -0.4 is 20.3 Å². The van der Waals surface area contributed by atoms with Crippen molar-refractivity contribution >= 4 is 33.9 Å². The average Bonchev–Trinajstić information content (AvgIpc) is 3.21. The molecule has 2 N–H and O–H groups in total. The van der Waals surface area contributed by atoms with E-state index >= 15 is 0 Å². The van der Waals surface area contributed by atoms with Gasteiger partial charge in [0.15, 0.2) is 5.96 Å². The van der Waals surface area contributed by atoms with Crippen LogP contribution in [0.25, 0.3) is 0 Å². The van der Waals surface area contributed by atoms with Crippen LogP contribution in [0.5, 0.6) is 5.75 Å². The van der Waals surface area contributed by atoms with Crippen LogP contribution in [-0.2, 0) is 0 Å². The van der Waals surface area contributed by atoms with Gasteiger partial charge < -0.3 is 20.3 Å². The first kappa shape index (κ1) is 18.9. The van der Waals surface area contributed by atoms with Crippen LogP contribution in [-0.4, -0.2) is 45.3 Å². The summed E-state index contributed by atoms with van der Waals surface area (Å²) < 4.78 is 5.69. The van der Waals surface area contributed by atoms with Crippen molar-refractivity contribution in [1.29, 1.82) is 0 Å². The summed E-state index contributed by atoms with van der Waals surface area (Å²) in [6.45, 7) is 3.42. The Morgan fingerprint density at radius 3 is 2.69 bits per heavy atom. The highest BCUT2D eigenvalue weighted by Crippen LogP contribution is 2.24. The van der Waals surface area contributed by atoms with Crippen LogP contribution in [0.3, 0.4) is 0 Å². The molecule has 5 nitrogen and oxygen atoms in total. The van der Waals surface area contributed by atoms with E-state index in [1.165, 1.54) is 5.00 Å². The van der Waals surface area contributed by atoms with Gasteiger partial charge in [0.05, 0.1) is 11.5 Å². The topological polar surface area (TPSA) is 48.9 Å². The minimum atomic E-state index is 0.453. The highest BCUT2D eigenvalue weighted by Gasteiger charge is 2.20. The molecule has 1 saturated heterocycles. The summed E-state index contributed by atoms with van der Waals surface area (Å²) >= 11 is 7.68. The summed E-state index contributed by atoms with van der Waals surface area (Å²) in [7, 11) is 1.80. The third-order valence-electron chi connectivity index (χ3n) is 4.35. The Hall–Kier alpha value is -1.92. The Morgan fingerprint density at radius 2 is 2.04 bits per heavy atom. The number of ether oxygens (including phenoxy) is 1. The summed E-state index contributed by atoms with van der Waals surface area (Å²) in [6.07, 6.45) is 2.22. The van der Waals surface area contributed by atoms with Crippen molar-refractivity contribution in [3.8, 4) is 5.75 Å². The summed E-state index contributed by atoms with van der Waals surface area (Å²) in [5, 5.41) is 11.0. The standard InChI is InChI=1S/C19H25ClN4OS/c1-21-19(22-10-13-25-17-6-4-15(20)5-7-17)23-16-8-11-24(12-9-16)18-3-2-14-26-18/h2-7,14,16H,8-13H2,1H3,(H2,21,22,23). The molecule has 0 radical (unpaired) electrons. The Kier molecular flexibility index (Phi) is 7.03. The van der Waals surface area contributed by atoms with Gasteiger partial charge in [-0.2, -0.15) is 0 Å². The third kappa shape index (κ3) is 5.54. The molecule has 1 aliphatic heterocycles. The van der Waals surface area contributed by atoms with E-state index in [9.17, 15) is 0 Å². The number of rotatable bonds is 6. The van der Waals surface area contributed by atoms with Crippen molar-refractivity contribution < 1.29 is 4.74 Å². The largest absolute Gasteiger partial charge is 0.492 e. The zero-order valence-corrected chi connectivity index (χ0v) is 16.5. The van der Waals surface area contributed by atoms with Crippen molar-refractivity contribution in [2.45, 2.75) is 18.9 Å². The Morgan fingerprint density at radius 1 is 1.27 bits per heavy atom. The number of halogens is 1. The molecule has 1 aromatic carbocycles. The van der Waals surface area contributed by atoms with E-state index in [2.05, 4.69) is 38.0 Å². The Labute approximate surface area is 164 Å². The molecule has 1 aromatic heterocycles. The maximum absolute atomic E-state index is 5.87. The summed E-state index contributed by atoms with van der Waals surface area (Å²) in [5.41, 5.74) is 0. The second kappa shape index (κ2) is 9.69. The van der Waals surface area contributed by atoms with Crippen LogP contribution in [0, 0.1) is 0 Å². The highest BCUT2D eigenvalue weighted by molar-refractivity contribution is 7.14. The van der Waals surface area contributed by atoms with Crippen molar-refractivity contribution in [2.24, 2.45) is 4.99 Å². The van der Waals surface area contributed by atoms with E-state index in [1.54, 1.807) is 7.05 Å². The van der Waals surface area contributed by atoms with E-state index in [0.717, 1.165) is 37.6 Å². The van der Waals surface area contributed by atoms with E-state index in [1.807, 2.05) is 35.6 Å². The lowest BCUT2D eigenvalue weighted by molar-refractivity contribution is 0.321. The van der Waals surface area contributed by atoms with Crippen LogP contribution in [0.15, 0.2) is 46.8 Å². The SMILES string of the molecule is CN=C(NCCOc1ccc(Cl)cc1)NC1CCN(c2cccs2)CC1. The van der Waals surface area contributed by atoms with Gasteiger partial charge in [-0.3, -0.25) is 4.99 Å². The van der Waals surface area contributed by atoms with Crippen molar-refractivity contribution in [3.05, 3.63) is 46.8 Å². The molecule has 0 atom stereocenters. The van der Waals surface area contributed by atoms with E-state index < -0.39 is 0 Å². The number of thiophene rings is 1. The maximum atomic E-state index is 5.87. The lowest BCUT2D eigenvalue weighted by Gasteiger charge is -2.33. The van der Waals surface area contributed by atoms with Crippen LogP contribution >= 0.6 is 22.9 Å². The molecule has 0 bridgehead atoms. The molecule has 0 unspecified atom stereocenters. The number of hydrogen-bond acceptors (Lipinski definition) is 4. The lowest BCUT2D eigenvalue weighted by atomic mass is 10.1. The molecule has 1 aliphatic rings. The fourth-order valence-electron chi connectivity index (χ4n) is 2.95. The Bertz CT molecular complexity index is 682. The first-order chi connectivity index (χ1) is 12.7. The summed E-state index contributed by atoms with van der Waals surface area (Å²) in [6, 6.07) is 12.2. The monoisotopic (exact) mass is 392 g/mol. The number of nitrogens with zero attached hydrogens (tertiary/aromatic N) is 2. The molecule has 0 amide bonds. The lowest BCUT2D eigenvalue weighted by Crippen LogP contribution is -2.49. The highest BCUT2D eigenvalue weighted by atomic mass is 35.5. The predicted molar refractivity (Wildman–Crippen MR) is 111 cm³/mol. The van der Waals surface area contributed by atoms with Gasteiger partial charge in [-0.25, -0.2) is 0 Å². The van der Waals surface area contributed by atoms with Crippen molar-refractivity contribution in [3.63, 3.8) is 0 Å². The molecular weight excluding hydrogens is 368 g/mol. The van der Waals surface area contributed by atoms with Gasteiger partial charge in [0, 0.05) is 31.2 Å². The minimum absolute atomic E-state index is 0.453. The molecular formula is C19H25ClN4OS. The van der Waals surface area contributed by atoms with Gasteiger partial charge in [-0.15, -0.1) is 11.3 Å². The zero-order chi connectivity index (χ0) is 18.2. The molecule has 0 saturated carbocycles. The number of hydrogen-bond donors (Lipinski definition) is 2. The zero-order valence-electron chi connectivity index (χ0n) is 15.0. The van der Waals surface area contributed by atoms with Crippen molar-refractivity contribution in [1.82, 2.24) is 10.6 Å². The molecule has 7 heteroatoms.